The zero-order chi connectivity index (χ0) is 20.6. The number of nitrogens with zero attached hydrogens (tertiary/aromatic N) is 2. The van der Waals surface area contributed by atoms with Gasteiger partial charge >= 0.3 is 0 Å². The van der Waals surface area contributed by atoms with Crippen LogP contribution < -0.4 is 10.6 Å². The van der Waals surface area contributed by atoms with Crippen molar-refractivity contribution in [2.24, 2.45) is 0 Å². The summed E-state index contributed by atoms with van der Waals surface area (Å²) in [5.41, 5.74) is 2.01. The maximum absolute atomic E-state index is 12.7. The molecular weight excluding hydrogens is 388 g/mol. The maximum atomic E-state index is 12.7. The number of hydrogen-bond donors (Lipinski definition) is 2. The Balaban J connectivity index is 1.64. The second-order valence-electron chi connectivity index (χ2n) is 6.26. The molecule has 7 nitrogen and oxygen atoms in total. The van der Waals surface area contributed by atoms with E-state index in [0.717, 1.165) is 10.5 Å². The van der Waals surface area contributed by atoms with E-state index in [2.05, 4.69) is 20.8 Å². The van der Waals surface area contributed by atoms with Crippen LogP contribution in [0.2, 0.25) is 0 Å². The van der Waals surface area contributed by atoms with Gasteiger partial charge in [-0.25, -0.2) is 0 Å². The van der Waals surface area contributed by atoms with Crippen LogP contribution in [-0.4, -0.2) is 28.5 Å². The largest absolute Gasteiger partial charge is 0.352 e. The van der Waals surface area contributed by atoms with Crippen LogP contribution in [0.15, 0.2) is 57.9 Å². The predicted octanol–water partition coefficient (Wildman–Crippen LogP) is 3.35. The molecule has 0 fully saturated rings. The molecular formula is C21H22N4O3S. The fraction of sp³-hybridized carbons (Fsp3) is 0.238. The molecule has 0 saturated heterocycles. The highest BCUT2D eigenvalue weighted by atomic mass is 32.2. The van der Waals surface area contributed by atoms with E-state index in [-0.39, 0.29) is 11.8 Å². The smallest absolute Gasteiger partial charge is 0.252 e. The molecule has 2 amide bonds. The molecule has 0 atom stereocenters. The predicted molar refractivity (Wildman–Crippen MR) is 111 cm³/mol. The Morgan fingerprint density at radius 1 is 1.07 bits per heavy atom. The number of carbonyl (C=O) groups is 2. The third-order valence-corrected chi connectivity index (χ3v) is 5.11. The monoisotopic (exact) mass is 410 g/mol. The number of amides is 2. The highest BCUT2D eigenvalue weighted by molar-refractivity contribution is 7.98. The lowest BCUT2D eigenvalue weighted by atomic mass is 10.1. The van der Waals surface area contributed by atoms with E-state index in [1.807, 2.05) is 37.3 Å². The molecule has 3 aromatic rings. The first-order valence-corrected chi connectivity index (χ1v) is 10.2. The van der Waals surface area contributed by atoms with E-state index < -0.39 is 0 Å². The summed E-state index contributed by atoms with van der Waals surface area (Å²) >= 11 is 1.48. The Morgan fingerprint density at radius 2 is 1.90 bits per heavy atom. The van der Waals surface area contributed by atoms with Crippen LogP contribution in [0.5, 0.6) is 0 Å². The molecule has 0 aliphatic carbocycles. The van der Waals surface area contributed by atoms with Gasteiger partial charge in [-0.05, 0) is 36.8 Å². The Labute approximate surface area is 173 Å². The molecule has 2 N–H and O–H groups in total. The lowest BCUT2D eigenvalue weighted by Gasteiger charge is -2.10. The lowest BCUT2D eigenvalue weighted by molar-refractivity contribution is 0.0945. The normalized spacial score (nSPS) is 10.6. The van der Waals surface area contributed by atoms with Crippen molar-refractivity contribution in [1.29, 1.82) is 0 Å². The van der Waals surface area contributed by atoms with Gasteiger partial charge in [0.2, 0.25) is 5.89 Å². The highest BCUT2D eigenvalue weighted by Crippen LogP contribution is 2.25. The summed E-state index contributed by atoms with van der Waals surface area (Å²) < 4.78 is 4.98. The first-order valence-electron chi connectivity index (χ1n) is 9.23. The second-order valence-corrected chi connectivity index (χ2v) is 7.27. The van der Waals surface area contributed by atoms with Gasteiger partial charge in [0, 0.05) is 30.5 Å². The molecule has 0 aliphatic heterocycles. The molecule has 0 aliphatic rings. The molecule has 0 radical (unpaired) electrons. The molecule has 3 rings (SSSR count). The molecule has 0 bridgehead atoms. The molecule has 0 saturated carbocycles. The summed E-state index contributed by atoms with van der Waals surface area (Å²) in [6, 6.07) is 14.6. The van der Waals surface area contributed by atoms with Gasteiger partial charge in [0.25, 0.3) is 11.8 Å². The van der Waals surface area contributed by atoms with E-state index in [1.165, 1.54) is 11.8 Å². The topological polar surface area (TPSA) is 97.1 Å². The van der Waals surface area contributed by atoms with E-state index in [4.69, 9.17) is 4.52 Å². The first-order chi connectivity index (χ1) is 14.1. The Kier molecular flexibility index (Phi) is 7.02. The Bertz CT molecular complexity index is 1000. The van der Waals surface area contributed by atoms with Crippen LogP contribution in [0.3, 0.4) is 0 Å². The van der Waals surface area contributed by atoms with Crippen molar-refractivity contribution in [3.05, 3.63) is 76.9 Å². The number of thioether (sulfide) groups is 1. The van der Waals surface area contributed by atoms with Gasteiger partial charge in [0.05, 0.1) is 11.3 Å². The van der Waals surface area contributed by atoms with E-state index >= 15 is 0 Å². The average molecular weight is 410 g/mol. The van der Waals surface area contributed by atoms with Crippen LogP contribution in [0.1, 0.15) is 44.9 Å². The van der Waals surface area contributed by atoms with Crippen molar-refractivity contribution in [1.82, 2.24) is 20.8 Å². The van der Waals surface area contributed by atoms with E-state index in [0.29, 0.717) is 41.7 Å². The zero-order valence-electron chi connectivity index (χ0n) is 16.3. The van der Waals surface area contributed by atoms with Crippen LogP contribution in [0.4, 0.5) is 0 Å². The van der Waals surface area contributed by atoms with Crippen molar-refractivity contribution in [3.63, 3.8) is 0 Å². The molecule has 150 valence electrons. The minimum Gasteiger partial charge on any atom is -0.352 e. The summed E-state index contributed by atoms with van der Waals surface area (Å²) in [5, 5.41) is 9.57. The summed E-state index contributed by atoms with van der Waals surface area (Å²) in [6.45, 7) is 4.51. The van der Waals surface area contributed by atoms with Gasteiger partial charge in [-0.15, -0.1) is 11.8 Å². The van der Waals surface area contributed by atoms with Crippen molar-refractivity contribution >= 4 is 23.6 Å². The maximum Gasteiger partial charge on any atom is 0.252 e. The third-order valence-electron chi connectivity index (χ3n) is 4.04. The van der Waals surface area contributed by atoms with Gasteiger partial charge in [-0.3, -0.25) is 9.59 Å². The van der Waals surface area contributed by atoms with Crippen LogP contribution in [0, 0.1) is 6.92 Å². The average Bonchev–Trinajstić information content (AvgIpc) is 3.16. The molecule has 0 spiro atoms. The molecule has 2 aromatic carbocycles. The van der Waals surface area contributed by atoms with Crippen molar-refractivity contribution in [3.8, 4) is 0 Å². The van der Waals surface area contributed by atoms with Crippen LogP contribution >= 0.6 is 11.8 Å². The molecule has 1 aromatic heterocycles. The Morgan fingerprint density at radius 3 is 2.66 bits per heavy atom. The summed E-state index contributed by atoms with van der Waals surface area (Å²) in [4.78, 5) is 29.7. The third kappa shape index (κ3) is 5.68. The number of benzene rings is 2. The van der Waals surface area contributed by atoms with Crippen LogP contribution in [-0.2, 0) is 12.3 Å². The van der Waals surface area contributed by atoms with Crippen molar-refractivity contribution in [2.75, 3.05) is 6.54 Å². The number of aryl methyl sites for hydroxylation is 1. The van der Waals surface area contributed by atoms with Gasteiger partial charge in [-0.1, -0.05) is 29.4 Å². The number of rotatable bonds is 8. The van der Waals surface area contributed by atoms with Gasteiger partial charge in [-0.2, -0.15) is 4.98 Å². The second kappa shape index (κ2) is 9.88. The summed E-state index contributed by atoms with van der Waals surface area (Å²) in [7, 11) is 0. The minimum atomic E-state index is -0.180. The highest BCUT2D eigenvalue weighted by Gasteiger charge is 2.13. The van der Waals surface area contributed by atoms with Crippen molar-refractivity contribution < 1.29 is 14.1 Å². The first kappa shape index (κ1) is 20.6. The molecule has 8 heteroatoms. The van der Waals surface area contributed by atoms with Gasteiger partial charge < -0.3 is 15.2 Å². The molecule has 1 heterocycles. The lowest BCUT2D eigenvalue weighted by Crippen LogP contribution is -2.25. The molecule has 29 heavy (non-hydrogen) atoms. The quantitative estimate of drug-likeness (QED) is 0.553. The summed E-state index contributed by atoms with van der Waals surface area (Å²) in [5.74, 6) is 1.31. The minimum absolute atomic E-state index is 0.126. The fourth-order valence-corrected chi connectivity index (χ4v) is 3.58. The number of carbonyl (C=O) groups excluding carboxylic acids is 2. The van der Waals surface area contributed by atoms with E-state index in [1.54, 1.807) is 25.1 Å². The summed E-state index contributed by atoms with van der Waals surface area (Å²) in [6.07, 6.45) is 0. The number of hydrogen-bond acceptors (Lipinski definition) is 6. The standard InChI is InChI=1S/C21H22N4O3S/c1-3-22-20(26)16-8-6-7-15(11-16)12-23-21(27)17-9-4-5-10-18(17)29-13-19-24-14(2)28-25-19/h4-11H,3,12-13H2,1-2H3,(H,22,26)(H,23,27). The molecule has 0 unspecified atom stereocenters. The van der Waals surface area contributed by atoms with Gasteiger partial charge in [0.15, 0.2) is 5.82 Å². The van der Waals surface area contributed by atoms with Crippen molar-refractivity contribution in [2.45, 2.75) is 31.0 Å². The number of aromatic nitrogens is 2. The fourth-order valence-electron chi connectivity index (χ4n) is 2.69. The zero-order valence-corrected chi connectivity index (χ0v) is 17.1. The number of nitrogens with one attached hydrogen (secondary N) is 2. The SMILES string of the molecule is CCNC(=O)c1cccc(CNC(=O)c2ccccc2SCc2noc(C)n2)c1. The van der Waals surface area contributed by atoms with E-state index in [9.17, 15) is 9.59 Å². The van der Waals surface area contributed by atoms with Crippen LogP contribution in [0.25, 0.3) is 0 Å². The Hall–Kier alpha value is -3.13. The van der Waals surface area contributed by atoms with Gasteiger partial charge in [0.1, 0.15) is 0 Å².